The third-order valence-electron chi connectivity index (χ3n) is 3.62. The van der Waals surface area contributed by atoms with Gasteiger partial charge in [-0.05, 0) is 6.42 Å². The van der Waals surface area contributed by atoms with Gasteiger partial charge < -0.3 is 0 Å². The molecule has 0 heterocycles. The minimum absolute atomic E-state index is 0.190. The van der Waals surface area contributed by atoms with Crippen molar-refractivity contribution in [3.05, 3.63) is 0 Å². The molecule has 0 saturated heterocycles. The van der Waals surface area contributed by atoms with Crippen LogP contribution in [-0.2, 0) is 28.0 Å². The van der Waals surface area contributed by atoms with Crippen LogP contribution in [0.3, 0.4) is 0 Å². The average Bonchev–Trinajstić information content (AvgIpc) is 2.47. The molecule has 0 rings (SSSR count). The highest BCUT2D eigenvalue weighted by Gasteiger charge is 2.34. The van der Waals surface area contributed by atoms with E-state index in [1.165, 1.54) is 64.2 Å². The summed E-state index contributed by atoms with van der Waals surface area (Å²) < 4.78 is 30.1. The van der Waals surface area contributed by atoms with Gasteiger partial charge in [0.2, 0.25) is 0 Å². The molecule has 0 aliphatic heterocycles. The first-order chi connectivity index (χ1) is 10.1. The van der Waals surface area contributed by atoms with Gasteiger partial charge in [0.05, 0.1) is 4.28 Å². The van der Waals surface area contributed by atoms with Crippen LogP contribution in [0, 0.1) is 0 Å². The zero-order valence-corrected chi connectivity index (χ0v) is 14.5. The van der Waals surface area contributed by atoms with Crippen LogP contribution in [0.4, 0.5) is 0 Å². The fourth-order valence-corrected chi connectivity index (χ4v) is 2.70. The Kier molecular flexibility index (Phi) is 14.9. The summed E-state index contributed by atoms with van der Waals surface area (Å²) in [6.07, 6.45) is 16.4. The summed E-state index contributed by atoms with van der Waals surface area (Å²) in [5.74, 6) is 2.83. The molecule has 0 spiro atoms. The molecule has 0 aromatic heterocycles. The second kappa shape index (κ2) is 14.9. The second-order valence-corrected chi connectivity index (χ2v) is 6.88. The molecule has 1 unspecified atom stereocenters. The van der Waals surface area contributed by atoms with Crippen molar-refractivity contribution in [2.75, 3.05) is 6.61 Å². The Labute approximate surface area is 131 Å². The molecule has 0 bridgehead atoms. The van der Waals surface area contributed by atoms with Crippen molar-refractivity contribution >= 4 is 10.8 Å². The zero-order valence-electron chi connectivity index (χ0n) is 13.6. The van der Waals surface area contributed by atoms with E-state index in [1.807, 2.05) is 0 Å². The van der Waals surface area contributed by atoms with Crippen molar-refractivity contribution < 1.29 is 23.1 Å². The Morgan fingerprint density at radius 1 is 0.762 bits per heavy atom. The molecule has 0 aromatic rings. The van der Waals surface area contributed by atoms with Crippen LogP contribution in [-0.4, -0.2) is 6.61 Å². The third-order valence-corrected chi connectivity index (χ3v) is 4.36. The molecule has 0 aliphatic rings. The molecule has 6 heteroatoms. The van der Waals surface area contributed by atoms with Crippen molar-refractivity contribution in [3.63, 3.8) is 0 Å². The van der Waals surface area contributed by atoms with Crippen LogP contribution >= 0.6 is 0 Å². The lowest BCUT2D eigenvalue weighted by Crippen LogP contribution is -2.53. The number of quaternary nitrogens is 1. The zero-order chi connectivity index (χ0) is 15.8. The lowest BCUT2D eigenvalue weighted by molar-refractivity contribution is -0.640. The Bertz CT molecular complexity index is 264. The van der Waals surface area contributed by atoms with Crippen molar-refractivity contribution in [2.24, 2.45) is 0 Å². The van der Waals surface area contributed by atoms with Crippen molar-refractivity contribution in [1.29, 1.82) is 0 Å². The molecule has 1 atom stereocenters. The maximum atomic E-state index is 10.8. The second-order valence-electron chi connectivity index (χ2n) is 5.59. The average molecular weight is 325 g/mol. The van der Waals surface area contributed by atoms with E-state index in [4.69, 9.17) is 0 Å². The van der Waals surface area contributed by atoms with Crippen LogP contribution in [0.5, 0.6) is 0 Å². The van der Waals surface area contributed by atoms with Gasteiger partial charge in [-0.2, -0.15) is 5.90 Å². The molecule has 0 saturated carbocycles. The molecule has 3 N–H and O–H groups in total. The smallest absolute Gasteiger partial charge is 0.155 e. The Hall–Kier alpha value is -0.0100. The summed E-state index contributed by atoms with van der Waals surface area (Å²) in [6.45, 7) is 2.44. The van der Waals surface area contributed by atoms with E-state index in [9.17, 15) is 8.76 Å². The SMILES string of the molecule is CCCCCCCCCCCCCCCO[S+]([O])(=O)O[NH3+]. The number of hydrogen-bond donors (Lipinski definition) is 1. The van der Waals surface area contributed by atoms with Crippen molar-refractivity contribution in [3.8, 4) is 0 Å². The molecule has 0 aliphatic carbocycles. The molecule has 0 fully saturated rings. The van der Waals surface area contributed by atoms with Crippen LogP contribution in [0.15, 0.2) is 0 Å². The summed E-state index contributed by atoms with van der Waals surface area (Å²) >= 11 is 0. The van der Waals surface area contributed by atoms with E-state index in [0.717, 1.165) is 19.3 Å². The normalized spacial score (nSPS) is 14.2. The van der Waals surface area contributed by atoms with E-state index >= 15 is 0 Å². The predicted molar refractivity (Wildman–Crippen MR) is 84.4 cm³/mol. The van der Waals surface area contributed by atoms with Gasteiger partial charge in [0, 0.05) is 4.21 Å². The van der Waals surface area contributed by atoms with Gasteiger partial charge in [0.1, 0.15) is 11.2 Å². The molecule has 0 aromatic carbocycles. The first-order valence-electron chi connectivity index (χ1n) is 8.45. The molecule has 127 valence electrons. The van der Waals surface area contributed by atoms with E-state index in [0.29, 0.717) is 0 Å². The molecular weight excluding hydrogens is 290 g/mol. The summed E-state index contributed by atoms with van der Waals surface area (Å²) in [5, 5.41) is 0. The number of rotatable bonds is 16. The fourth-order valence-electron chi connectivity index (χ4n) is 2.31. The van der Waals surface area contributed by atoms with E-state index in [2.05, 4.69) is 21.3 Å². The van der Waals surface area contributed by atoms with Gasteiger partial charge in [0.15, 0.2) is 0 Å². The van der Waals surface area contributed by atoms with E-state index < -0.39 is 10.8 Å². The van der Waals surface area contributed by atoms with E-state index in [-0.39, 0.29) is 6.61 Å². The molecule has 0 amide bonds. The fraction of sp³-hybridized carbons (Fsp3) is 1.00. The molecule has 5 nitrogen and oxygen atoms in total. The van der Waals surface area contributed by atoms with Crippen LogP contribution in [0.2, 0.25) is 0 Å². The number of hydrogen-bond acceptors (Lipinski definition) is 3. The lowest BCUT2D eigenvalue weighted by Gasteiger charge is -2.02. The Balaban J connectivity index is 3.08. The van der Waals surface area contributed by atoms with Crippen LogP contribution < -0.4 is 5.90 Å². The third kappa shape index (κ3) is 16.2. The van der Waals surface area contributed by atoms with Gasteiger partial charge in [-0.1, -0.05) is 84.0 Å². The maximum Gasteiger partial charge on any atom is 0.597 e. The minimum atomic E-state index is -3.85. The molecule has 21 heavy (non-hydrogen) atoms. The van der Waals surface area contributed by atoms with Gasteiger partial charge in [0.25, 0.3) is 0 Å². The number of unbranched alkanes of at least 4 members (excludes halogenated alkanes) is 12. The maximum absolute atomic E-state index is 10.8. The lowest BCUT2D eigenvalue weighted by atomic mass is 10.0. The van der Waals surface area contributed by atoms with Crippen LogP contribution in [0.1, 0.15) is 90.4 Å². The first-order valence-corrected chi connectivity index (χ1v) is 9.78. The van der Waals surface area contributed by atoms with Gasteiger partial charge in [-0.15, -0.1) is 4.18 Å². The summed E-state index contributed by atoms with van der Waals surface area (Å²) in [4.78, 5) is 0. The summed E-state index contributed by atoms with van der Waals surface area (Å²) in [5.41, 5.74) is 0. The quantitative estimate of drug-likeness (QED) is 0.265. The highest BCUT2D eigenvalue weighted by atomic mass is 32.3. The first kappa shape index (κ1) is 21.0. The largest absolute Gasteiger partial charge is 0.597 e. The summed E-state index contributed by atoms with van der Waals surface area (Å²) in [7, 11) is -3.85. The highest BCUT2D eigenvalue weighted by Crippen LogP contribution is 2.12. The van der Waals surface area contributed by atoms with Gasteiger partial charge in [-0.25, -0.2) is 0 Å². The topological polar surface area (TPSA) is 83.1 Å². The highest BCUT2D eigenvalue weighted by molar-refractivity contribution is 7.88. The van der Waals surface area contributed by atoms with Crippen molar-refractivity contribution in [2.45, 2.75) is 90.4 Å². The minimum Gasteiger partial charge on any atom is -0.155 e. The monoisotopic (exact) mass is 324 g/mol. The molecular formula is C15H34NO4S+2. The predicted octanol–water partition coefficient (Wildman–Crippen LogP) is 3.94. The van der Waals surface area contributed by atoms with Crippen LogP contribution in [0.25, 0.3) is 0 Å². The van der Waals surface area contributed by atoms with E-state index in [1.54, 1.807) is 0 Å². The Morgan fingerprint density at radius 2 is 1.14 bits per heavy atom. The van der Waals surface area contributed by atoms with Crippen molar-refractivity contribution in [1.82, 2.24) is 0 Å². The standard InChI is InChI=1S/C15H34NO4S/c1-2-3-4-5-6-7-8-9-10-11-12-13-14-15-19-21(17,18)20-16/h2-15H2,1,16H3/q+2. The van der Waals surface area contributed by atoms with Gasteiger partial charge >= 0.3 is 10.8 Å². The van der Waals surface area contributed by atoms with Gasteiger partial charge in [-0.3, -0.25) is 0 Å². The molecule has 1 radical (unpaired) electrons. The Morgan fingerprint density at radius 3 is 1.52 bits per heavy atom. The summed E-state index contributed by atoms with van der Waals surface area (Å²) in [6, 6.07) is 0.